The second kappa shape index (κ2) is 5.12. The molecule has 2 rings (SSSR count). The summed E-state index contributed by atoms with van der Waals surface area (Å²) in [4.78, 5) is 11.9. The molecule has 0 atom stereocenters. The summed E-state index contributed by atoms with van der Waals surface area (Å²) in [6, 6.07) is 1.73. The first-order valence-corrected chi connectivity index (χ1v) is 5.80. The topological polar surface area (TPSA) is 44.8 Å². The first-order chi connectivity index (χ1) is 8.69. The van der Waals surface area contributed by atoms with Crippen LogP contribution in [0, 0.1) is 6.92 Å². The van der Waals surface area contributed by atoms with Gasteiger partial charge in [-0.15, -0.1) is 0 Å². The van der Waals surface area contributed by atoms with E-state index in [-0.39, 0.29) is 5.97 Å². The number of cyclic esters (lactones) is 1. The summed E-state index contributed by atoms with van der Waals surface area (Å²) >= 11 is 0. The lowest BCUT2D eigenvalue weighted by molar-refractivity contribution is 0.0474. The highest BCUT2D eigenvalue weighted by Crippen LogP contribution is 2.36. The van der Waals surface area contributed by atoms with Crippen molar-refractivity contribution in [3.05, 3.63) is 35.4 Å². The highest BCUT2D eigenvalue weighted by molar-refractivity contribution is 5.96. The van der Waals surface area contributed by atoms with E-state index < -0.39 is 0 Å². The molecule has 1 aromatic rings. The summed E-state index contributed by atoms with van der Waals surface area (Å²) in [5.74, 6) is 0.889. The fourth-order valence-corrected chi connectivity index (χ4v) is 2.11. The van der Waals surface area contributed by atoms with E-state index in [2.05, 4.69) is 6.58 Å². The number of hydrogen-bond donors (Lipinski definition) is 0. The Morgan fingerprint density at radius 2 is 2.28 bits per heavy atom. The van der Waals surface area contributed by atoms with E-state index in [1.807, 2.05) is 6.92 Å². The molecule has 4 heteroatoms. The van der Waals surface area contributed by atoms with Crippen LogP contribution in [0.2, 0.25) is 0 Å². The standard InChI is InChI=1S/C14H16O4/c1-4-6-17-12-8-11(16-3)9(2)10-5-7-18-14(15)13(10)12/h4,8H,1,5-7H2,2-3H3. The minimum atomic E-state index is -0.332. The lowest BCUT2D eigenvalue weighted by atomic mass is 9.95. The van der Waals surface area contributed by atoms with Crippen LogP contribution in [-0.4, -0.2) is 26.3 Å². The molecule has 0 unspecified atom stereocenters. The molecule has 0 N–H and O–H groups in total. The van der Waals surface area contributed by atoms with Crippen molar-refractivity contribution in [1.82, 2.24) is 0 Å². The number of ether oxygens (including phenoxy) is 3. The smallest absolute Gasteiger partial charge is 0.342 e. The summed E-state index contributed by atoms with van der Waals surface area (Å²) in [6.07, 6.45) is 2.32. The zero-order chi connectivity index (χ0) is 13.1. The zero-order valence-corrected chi connectivity index (χ0v) is 10.6. The van der Waals surface area contributed by atoms with Gasteiger partial charge >= 0.3 is 5.97 Å². The minimum Gasteiger partial charge on any atom is -0.496 e. The molecule has 0 amide bonds. The molecule has 1 aliphatic heterocycles. The lowest BCUT2D eigenvalue weighted by Gasteiger charge is -2.22. The molecule has 4 nitrogen and oxygen atoms in total. The molecule has 0 spiro atoms. The van der Waals surface area contributed by atoms with Crippen LogP contribution in [0.3, 0.4) is 0 Å². The van der Waals surface area contributed by atoms with E-state index in [4.69, 9.17) is 14.2 Å². The van der Waals surface area contributed by atoms with E-state index in [1.54, 1.807) is 19.3 Å². The monoisotopic (exact) mass is 248 g/mol. The Morgan fingerprint density at radius 3 is 2.94 bits per heavy atom. The SMILES string of the molecule is C=CCOc1cc(OC)c(C)c2c1C(=O)OCC2. The van der Waals surface area contributed by atoms with Crippen LogP contribution >= 0.6 is 0 Å². The summed E-state index contributed by atoms with van der Waals surface area (Å²) in [7, 11) is 1.60. The van der Waals surface area contributed by atoms with Gasteiger partial charge in [0.25, 0.3) is 0 Å². The molecular formula is C14H16O4. The van der Waals surface area contributed by atoms with Crippen LogP contribution in [-0.2, 0) is 11.2 Å². The number of fused-ring (bicyclic) bond motifs is 1. The zero-order valence-electron chi connectivity index (χ0n) is 10.6. The van der Waals surface area contributed by atoms with E-state index in [9.17, 15) is 4.79 Å². The highest BCUT2D eigenvalue weighted by atomic mass is 16.5. The highest BCUT2D eigenvalue weighted by Gasteiger charge is 2.27. The molecule has 1 heterocycles. The van der Waals surface area contributed by atoms with Gasteiger partial charge in [0.2, 0.25) is 0 Å². The summed E-state index contributed by atoms with van der Waals surface area (Å²) < 4.78 is 15.9. The van der Waals surface area contributed by atoms with Crippen LogP contribution in [0.15, 0.2) is 18.7 Å². The normalized spacial score (nSPS) is 13.6. The average molecular weight is 248 g/mol. The Kier molecular flexibility index (Phi) is 3.55. The van der Waals surface area contributed by atoms with Crippen molar-refractivity contribution >= 4 is 5.97 Å². The maximum Gasteiger partial charge on any atom is 0.342 e. The van der Waals surface area contributed by atoms with E-state index in [0.717, 1.165) is 16.9 Å². The van der Waals surface area contributed by atoms with Gasteiger partial charge in [-0.05, 0) is 18.1 Å². The van der Waals surface area contributed by atoms with Crippen molar-refractivity contribution in [3.63, 3.8) is 0 Å². The predicted molar refractivity (Wildman–Crippen MR) is 67.4 cm³/mol. The molecule has 18 heavy (non-hydrogen) atoms. The third kappa shape index (κ3) is 2.06. The Labute approximate surface area is 106 Å². The molecule has 0 fully saturated rings. The van der Waals surface area contributed by atoms with Gasteiger partial charge in [-0.25, -0.2) is 4.79 Å². The van der Waals surface area contributed by atoms with Crippen LogP contribution in [0.1, 0.15) is 21.5 Å². The molecule has 0 aliphatic carbocycles. The molecular weight excluding hydrogens is 232 g/mol. The van der Waals surface area contributed by atoms with Crippen LogP contribution < -0.4 is 9.47 Å². The van der Waals surface area contributed by atoms with E-state index in [0.29, 0.717) is 30.9 Å². The van der Waals surface area contributed by atoms with Crippen molar-refractivity contribution in [2.75, 3.05) is 20.3 Å². The minimum absolute atomic E-state index is 0.332. The van der Waals surface area contributed by atoms with Gasteiger partial charge < -0.3 is 14.2 Å². The largest absolute Gasteiger partial charge is 0.496 e. The predicted octanol–water partition coefficient (Wildman–Crippen LogP) is 2.28. The summed E-state index contributed by atoms with van der Waals surface area (Å²) in [6.45, 7) is 6.28. The first kappa shape index (κ1) is 12.5. The van der Waals surface area contributed by atoms with Gasteiger partial charge in [0.15, 0.2) is 0 Å². The molecule has 0 bridgehead atoms. The Balaban J connectivity index is 2.56. The quantitative estimate of drug-likeness (QED) is 0.605. The van der Waals surface area contributed by atoms with Crippen LogP contribution in [0.4, 0.5) is 0 Å². The van der Waals surface area contributed by atoms with Crippen molar-refractivity contribution in [2.45, 2.75) is 13.3 Å². The molecule has 0 aromatic heterocycles. The van der Waals surface area contributed by atoms with Crippen molar-refractivity contribution in [3.8, 4) is 11.5 Å². The number of rotatable bonds is 4. The van der Waals surface area contributed by atoms with E-state index >= 15 is 0 Å². The van der Waals surface area contributed by atoms with E-state index in [1.165, 1.54) is 0 Å². The average Bonchev–Trinajstić information content (AvgIpc) is 2.38. The molecule has 0 radical (unpaired) electrons. The summed E-state index contributed by atoms with van der Waals surface area (Å²) in [5, 5.41) is 0. The third-order valence-electron chi connectivity index (χ3n) is 3.00. The molecule has 1 aromatic carbocycles. The van der Waals surface area contributed by atoms with Gasteiger partial charge in [-0.2, -0.15) is 0 Å². The fraction of sp³-hybridized carbons (Fsp3) is 0.357. The molecule has 1 aliphatic rings. The third-order valence-corrected chi connectivity index (χ3v) is 3.00. The number of hydrogen-bond acceptors (Lipinski definition) is 4. The van der Waals surface area contributed by atoms with Gasteiger partial charge in [-0.1, -0.05) is 12.7 Å². The van der Waals surface area contributed by atoms with Gasteiger partial charge in [0, 0.05) is 12.5 Å². The number of carbonyl (C=O) groups is 1. The van der Waals surface area contributed by atoms with Crippen LogP contribution in [0.25, 0.3) is 0 Å². The molecule has 96 valence electrons. The number of benzene rings is 1. The first-order valence-electron chi connectivity index (χ1n) is 5.80. The van der Waals surface area contributed by atoms with Crippen molar-refractivity contribution in [2.24, 2.45) is 0 Å². The molecule has 0 saturated carbocycles. The van der Waals surface area contributed by atoms with Gasteiger partial charge in [0.1, 0.15) is 23.7 Å². The Bertz CT molecular complexity index is 491. The Hall–Kier alpha value is -1.97. The Morgan fingerprint density at radius 1 is 1.50 bits per heavy atom. The van der Waals surface area contributed by atoms with Crippen LogP contribution in [0.5, 0.6) is 11.5 Å². The van der Waals surface area contributed by atoms with Gasteiger partial charge in [0.05, 0.1) is 13.7 Å². The van der Waals surface area contributed by atoms with Crippen molar-refractivity contribution < 1.29 is 19.0 Å². The van der Waals surface area contributed by atoms with Gasteiger partial charge in [-0.3, -0.25) is 0 Å². The maximum atomic E-state index is 11.9. The summed E-state index contributed by atoms with van der Waals surface area (Å²) in [5.41, 5.74) is 2.43. The number of carbonyl (C=O) groups excluding carboxylic acids is 1. The second-order valence-corrected chi connectivity index (χ2v) is 4.04. The fourth-order valence-electron chi connectivity index (χ4n) is 2.11. The van der Waals surface area contributed by atoms with Crippen molar-refractivity contribution in [1.29, 1.82) is 0 Å². The number of esters is 1. The number of methoxy groups -OCH3 is 1. The lowest BCUT2D eigenvalue weighted by Crippen LogP contribution is -2.20. The maximum absolute atomic E-state index is 11.9. The molecule has 0 saturated heterocycles. The second-order valence-electron chi connectivity index (χ2n) is 4.04.